The summed E-state index contributed by atoms with van der Waals surface area (Å²) in [6, 6.07) is 17.1. The quantitative estimate of drug-likeness (QED) is 0.586. The van der Waals surface area contributed by atoms with Crippen LogP contribution >= 0.6 is 0 Å². The van der Waals surface area contributed by atoms with Gasteiger partial charge in [0.25, 0.3) is 0 Å². The van der Waals surface area contributed by atoms with Crippen molar-refractivity contribution >= 4 is 11.6 Å². The average Bonchev–Trinajstić information content (AvgIpc) is 2.40. The number of carbonyl (C=O) groups is 1. The molecule has 2 rings (SSSR count). The molecule has 1 amide bonds. The van der Waals surface area contributed by atoms with Crippen molar-refractivity contribution in [3.05, 3.63) is 60.2 Å². The predicted molar refractivity (Wildman–Crippen MR) is 66.2 cm³/mol. The molecule has 0 fully saturated rings. The molecule has 2 aromatic carbocycles. The van der Waals surface area contributed by atoms with E-state index in [-0.39, 0.29) is 24.8 Å². The number of amides is 1. The molecule has 0 atom stereocenters. The molecule has 2 aromatic rings. The number of carbonyl (C=O) groups excluding carboxylic acids is 1. The maximum Gasteiger partial charge on any atom is 1.00 e. The Morgan fingerprint density at radius 3 is 2.44 bits per heavy atom. The Bertz CT molecular complexity index is 497. The van der Waals surface area contributed by atoms with Gasteiger partial charge in [-0.05, 0) is 24.3 Å². The number of benzene rings is 2. The van der Waals surface area contributed by atoms with Crippen LogP contribution in [-0.2, 0) is 0 Å². The number of ether oxygens (including phenoxy) is 1. The Morgan fingerprint density at radius 1 is 1.17 bits per heavy atom. The fourth-order valence-corrected chi connectivity index (χ4v) is 1.41. The van der Waals surface area contributed by atoms with Gasteiger partial charge >= 0.3 is 18.9 Å². The monoisotopic (exact) mass is 233 g/mol. The van der Waals surface area contributed by atoms with Crippen molar-refractivity contribution in [1.82, 2.24) is 0 Å². The fraction of sp³-hybridized carbons (Fsp3) is 0.0714. The fourth-order valence-electron chi connectivity index (χ4n) is 1.41. The standard InChI is InChI=1S/C14H12NO2.Li/c1-17-13-9-7-12(8-10-13)15-14(16)11-5-3-2-4-6-11;/h2-5,7-10H,1H3,(H,15,16);/q-1;+1. The SMILES string of the molecule is COc1ccc(NC(=O)c2[c-]cccc2)cc1.[Li+]. The number of nitrogens with one attached hydrogen (secondary N) is 1. The van der Waals surface area contributed by atoms with Crippen molar-refractivity contribution < 1.29 is 28.4 Å². The zero-order valence-electron chi connectivity index (χ0n) is 10.4. The summed E-state index contributed by atoms with van der Waals surface area (Å²) in [5.74, 6) is 0.588. The molecule has 0 saturated carbocycles. The van der Waals surface area contributed by atoms with Gasteiger partial charge in [-0.2, -0.15) is 0 Å². The molecule has 1 N–H and O–H groups in total. The summed E-state index contributed by atoms with van der Waals surface area (Å²) in [5.41, 5.74) is 1.25. The van der Waals surface area contributed by atoms with E-state index in [0.717, 1.165) is 11.4 Å². The first kappa shape index (κ1) is 14.4. The summed E-state index contributed by atoms with van der Waals surface area (Å²) in [5, 5.41) is 2.78. The molecule has 0 bridgehead atoms. The maximum absolute atomic E-state index is 11.8. The van der Waals surface area contributed by atoms with Gasteiger partial charge in [-0.1, -0.05) is 5.56 Å². The minimum absolute atomic E-state index is 0. The molecule has 0 aromatic heterocycles. The van der Waals surface area contributed by atoms with Crippen LogP contribution in [0.2, 0.25) is 0 Å². The largest absolute Gasteiger partial charge is 1.00 e. The van der Waals surface area contributed by atoms with Gasteiger partial charge in [0.05, 0.1) is 7.11 Å². The third-order valence-corrected chi connectivity index (χ3v) is 2.30. The van der Waals surface area contributed by atoms with Crippen LogP contribution in [0.5, 0.6) is 5.75 Å². The first-order chi connectivity index (χ1) is 8.29. The molecule has 18 heavy (non-hydrogen) atoms. The van der Waals surface area contributed by atoms with E-state index in [9.17, 15) is 4.79 Å². The van der Waals surface area contributed by atoms with Crippen LogP contribution < -0.4 is 28.9 Å². The van der Waals surface area contributed by atoms with Crippen molar-refractivity contribution in [3.8, 4) is 5.75 Å². The van der Waals surface area contributed by atoms with Crippen molar-refractivity contribution in [2.75, 3.05) is 12.4 Å². The van der Waals surface area contributed by atoms with Crippen LogP contribution in [0.25, 0.3) is 0 Å². The van der Waals surface area contributed by atoms with Gasteiger partial charge in [-0.15, -0.1) is 30.3 Å². The molecular weight excluding hydrogens is 221 g/mol. The van der Waals surface area contributed by atoms with E-state index >= 15 is 0 Å². The van der Waals surface area contributed by atoms with Crippen molar-refractivity contribution in [2.24, 2.45) is 0 Å². The van der Waals surface area contributed by atoms with Crippen LogP contribution in [0.3, 0.4) is 0 Å². The predicted octanol–water partition coefficient (Wildman–Crippen LogP) is -0.248. The average molecular weight is 233 g/mol. The van der Waals surface area contributed by atoms with E-state index < -0.39 is 0 Å². The number of rotatable bonds is 3. The third kappa shape index (κ3) is 3.66. The number of hydrogen-bond acceptors (Lipinski definition) is 2. The van der Waals surface area contributed by atoms with E-state index in [0.29, 0.717) is 5.56 Å². The van der Waals surface area contributed by atoms with Crippen molar-refractivity contribution in [2.45, 2.75) is 0 Å². The van der Waals surface area contributed by atoms with Crippen molar-refractivity contribution in [1.29, 1.82) is 0 Å². The minimum Gasteiger partial charge on any atom is -0.497 e. The second kappa shape index (κ2) is 6.90. The summed E-state index contributed by atoms with van der Waals surface area (Å²) in [6.07, 6.45) is 0. The normalized spacial score (nSPS) is 9.17. The Balaban J connectivity index is 0.00000162. The number of anilines is 1. The van der Waals surface area contributed by atoms with Gasteiger partial charge < -0.3 is 14.8 Å². The summed E-state index contributed by atoms with van der Waals surface area (Å²) in [4.78, 5) is 11.8. The van der Waals surface area contributed by atoms with Crippen LogP contribution in [0, 0.1) is 6.07 Å². The second-order valence-electron chi connectivity index (χ2n) is 3.46. The Labute approximate surface area is 118 Å². The van der Waals surface area contributed by atoms with Crippen LogP contribution in [0.4, 0.5) is 5.69 Å². The Kier molecular flexibility index (Phi) is 5.51. The zero-order chi connectivity index (χ0) is 12.1. The van der Waals surface area contributed by atoms with Gasteiger partial charge in [0.15, 0.2) is 5.91 Å². The van der Waals surface area contributed by atoms with Crippen LogP contribution in [0.1, 0.15) is 10.4 Å². The second-order valence-corrected chi connectivity index (χ2v) is 3.46. The summed E-state index contributed by atoms with van der Waals surface area (Å²) >= 11 is 0. The van der Waals surface area contributed by atoms with Crippen LogP contribution in [0.15, 0.2) is 48.5 Å². The molecule has 3 nitrogen and oxygen atoms in total. The van der Waals surface area contributed by atoms with Crippen molar-refractivity contribution in [3.63, 3.8) is 0 Å². The van der Waals surface area contributed by atoms with Gasteiger partial charge in [0.1, 0.15) is 5.75 Å². The van der Waals surface area contributed by atoms with E-state index in [1.54, 1.807) is 49.6 Å². The molecule has 0 aliphatic heterocycles. The number of methoxy groups -OCH3 is 1. The topological polar surface area (TPSA) is 38.3 Å². The maximum atomic E-state index is 11.8. The minimum atomic E-state index is -0.171. The molecule has 0 aliphatic rings. The molecule has 0 spiro atoms. The number of hydrogen-bond donors (Lipinski definition) is 1. The van der Waals surface area contributed by atoms with Gasteiger partial charge in [0.2, 0.25) is 0 Å². The molecule has 0 unspecified atom stereocenters. The van der Waals surface area contributed by atoms with E-state index in [1.165, 1.54) is 0 Å². The Morgan fingerprint density at radius 2 is 1.89 bits per heavy atom. The molecule has 0 radical (unpaired) electrons. The molecule has 4 heteroatoms. The molecule has 0 aliphatic carbocycles. The van der Waals surface area contributed by atoms with Gasteiger partial charge in [-0.3, -0.25) is 0 Å². The van der Waals surface area contributed by atoms with Gasteiger partial charge in [0, 0.05) is 5.69 Å². The Hall–Kier alpha value is -1.69. The van der Waals surface area contributed by atoms with E-state index in [1.807, 2.05) is 6.07 Å². The first-order valence-corrected chi connectivity index (χ1v) is 5.22. The molecular formula is C14H12LiNO2. The molecule has 0 heterocycles. The zero-order valence-corrected chi connectivity index (χ0v) is 10.4. The first-order valence-electron chi connectivity index (χ1n) is 5.22. The molecule has 86 valence electrons. The van der Waals surface area contributed by atoms with Crippen LogP contribution in [-0.4, -0.2) is 13.0 Å². The van der Waals surface area contributed by atoms with E-state index in [4.69, 9.17) is 4.74 Å². The summed E-state index contributed by atoms with van der Waals surface area (Å²) < 4.78 is 5.04. The van der Waals surface area contributed by atoms with E-state index in [2.05, 4.69) is 11.4 Å². The van der Waals surface area contributed by atoms with Gasteiger partial charge in [-0.25, -0.2) is 0 Å². The molecule has 0 saturated heterocycles. The third-order valence-electron chi connectivity index (χ3n) is 2.30. The summed E-state index contributed by atoms with van der Waals surface area (Å²) in [7, 11) is 1.60. The summed E-state index contributed by atoms with van der Waals surface area (Å²) in [6.45, 7) is 0. The smallest absolute Gasteiger partial charge is 0.497 e.